The number of phenols is 2. The van der Waals surface area contributed by atoms with Gasteiger partial charge in [-0.25, -0.2) is 0 Å². The van der Waals surface area contributed by atoms with Gasteiger partial charge in [-0.15, -0.1) is 5.48 Å². The van der Waals surface area contributed by atoms with E-state index >= 15 is 0 Å². The summed E-state index contributed by atoms with van der Waals surface area (Å²) in [4.78, 5) is 20.9. The first kappa shape index (κ1) is 25.1. The highest BCUT2D eigenvalue weighted by atomic mass is 16.7. The maximum absolute atomic E-state index is 12.9. The van der Waals surface area contributed by atoms with Crippen LogP contribution < -0.4 is 10.8 Å². The van der Waals surface area contributed by atoms with Crippen LogP contribution in [0, 0.1) is 16.7 Å². The molecule has 1 spiro atoms. The number of carbonyl (C=O) groups excluding carboxylic acids is 1. The van der Waals surface area contributed by atoms with Gasteiger partial charge in [0.1, 0.15) is 17.5 Å². The summed E-state index contributed by atoms with van der Waals surface area (Å²) in [7, 11) is 0. The second-order valence-electron chi connectivity index (χ2n) is 10.4. The summed E-state index contributed by atoms with van der Waals surface area (Å²) in [6, 6.07) is 11.8. The lowest BCUT2D eigenvalue weighted by molar-refractivity contribution is -0.194. The van der Waals surface area contributed by atoms with Crippen LogP contribution in [0.25, 0.3) is 11.3 Å². The van der Waals surface area contributed by atoms with Gasteiger partial charge in [0.15, 0.2) is 11.8 Å². The predicted octanol–water partition coefficient (Wildman–Crippen LogP) is 3.03. The number of nitriles is 1. The molecule has 2 unspecified atom stereocenters. The Balaban J connectivity index is 1.52. The lowest BCUT2D eigenvalue weighted by Gasteiger charge is -2.56. The number of likely N-dealkylation sites (tertiary alicyclic amines) is 1. The Hall–Kier alpha value is -3.58. The molecule has 2 aromatic rings. The average Bonchev–Trinajstić information content (AvgIpc) is 3.25. The fourth-order valence-electron chi connectivity index (χ4n) is 5.34. The topological polar surface area (TPSA) is 127 Å². The van der Waals surface area contributed by atoms with Gasteiger partial charge in [-0.3, -0.25) is 9.69 Å². The van der Waals surface area contributed by atoms with Gasteiger partial charge in [-0.2, -0.15) is 5.26 Å². The van der Waals surface area contributed by atoms with Crippen LogP contribution in [0.3, 0.4) is 0 Å². The molecule has 37 heavy (non-hydrogen) atoms. The highest BCUT2D eigenvalue weighted by Gasteiger charge is 2.51. The van der Waals surface area contributed by atoms with E-state index in [1.807, 2.05) is 45.0 Å². The number of benzene rings is 2. The summed E-state index contributed by atoms with van der Waals surface area (Å²) in [5.41, 5.74) is 6.21. The predicted molar refractivity (Wildman–Crippen MR) is 137 cm³/mol. The number of carbonyl (C=O) groups is 1. The number of rotatable bonds is 7. The van der Waals surface area contributed by atoms with Crippen LogP contribution in [0.5, 0.6) is 11.5 Å². The van der Waals surface area contributed by atoms with E-state index in [1.165, 1.54) is 6.07 Å². The summed E-state index contributed by atoms with van der Waals surface area (Å²) >= 11 is 0. The van der Waals surface area contributed by atoms with E-state index in [9.17, 15) is 20.3 Å². The van der Waals surface area contributed by atoms with E-state index < -0.39 is 6.04 Å². The van der Waals surface area contributed by atoms with Crippen LogP contribution in [0.2, 0.25) is 0 Å². The molecule has 9 heteroatoms. The van der Waals surface area contributed by atoms with Crippen molar-refractivity contribution in [2.24, 2.45) is 5.41 Å². The van der Waals surface area contributed by atoms with Crippen LogP contribution in [-0.4, -0.2) is 59.9 Å². The Bertz CT molecular complexity index is 1270. The number of nitrogens with one attached hydrogen (secondary N) is 2. The van der Waals surface area contributed by atoms with Crippen molar-refractivity contribution in [2.75, 3.05) is 32.8 Å². The Morgan fingerprint density at radius 2 is 1.92 bits per heavy atom. The molecule has 2 aromatic carbocycles. The molecule has 194 valence electrons. The first-order chi connectivity index (χ1) is 17.8. The highest BCUT2D eigenvalue weighted by molar-refractivity contribution is 6.05. The van der Waals surface area contributed by atoms with Crippen LogP contribution in [-0.2, 0) is 14.4 Å². The smallest absolute Gasteiger partial charge is 0.245 e. The minimum absolute atomic E-state index is 0.00207. The second-order valence-corrected chi connectivity index (χ2v) is 10.4. The van der Waals surface area contributed by atoms with Crippen molar-refractivity contribution in [3.8, 4) is 17.6 Å². The first-order valence-corrected chi connectivity index (χ1v) is 12.6. The van der Waals surface area contributed by atoms with Gasteiger partial charge < -0.3 is 25.1 Å². The molecular weight excluding hydrogens is 472 g/mol. The third-order valence-electron chi connectivity index (χ3n) is 7.36. The zero-order valence-electron chi connectivity index (χ0n) is 21.2. The molecule has 3 aliphatic rings. The summed E-state index contributed by atoms with van der Waals surface area (Å²) in [5, 5.41) is 33.7. The van der Waals surface area contributed by atoms with Crippen molar-refractivity contribution in [1.82, 2.24) is 15.7 Å². The normalized spacial score (nSPS) is 21.2. The Morgan fingerprint density at radius 1 is 1.22 bits per heavy atom. The summed E-state index contributed by atoms with van der Waals surface area (Å²) in [5.74, 6) is -0.0954. The third kappa shape index (κ3) is 4.42. The molecule has 2 atom stereocenters. The molecule has 2 saturated heterocycles. The van der Waals surface area contributed by atoms with Gasteiger partial charge in [0, 0.05) is 36.7 Å². The summed E-state index contributed by atoms with van der Waals surface area (Å²) in [6.45, 7) is 9.38. The minimum Gasteiger partial charge on any atom is -0.508 e. The number of likely N-dealkylation sites (N-methyl/N-ethyl adjacent to an activating group) is 1. The van der Waals surface area contributed by atoms with Gasteiger partial charge >= 0.3 is 0 Å². The largest absolute Gasteiger partial charge is 0.508 e. The Kier molecular flexibility index (Phi) is 6.58. The number of hydroxylamine groups is 1. The van der Waals surface area contributed by atoms with Crippen molar-refractivity contribution < 1.29 is 24.6 Å². The lowest BCUT2D eigenvalue weighted by Crippen LogP contribution is -2.66. The fraction of sp³-hybridized carbons (Fsp3) is 0.429. The van der Waals surface area contributed by atoms with Gasteiger partial charge in [-0.1, -0.05) is 38.1 Å². The molecule has 9 nitrogen and oxygen atoms in total. The number of ether oxygens (including phenoxy) is 1. The monoisotopic (exact) mass is 504 g/mol. The number of phenolic OH excluding ortho intramolecular Hbond substituents is 2. The van der Waals surface area contributed by atoms with E-state index in [-0.39, 0.29) is 34.8 Å². The number of hydrogen-bond acceptors (Lipinski definition) is 8. The molecule has 5 rings (SSSR count). The SMILES string of the molecule is CCNC(=O)C1NOC(c2cc(C(C)C)c(O)cc2O)=C1c1ccc(C(C#N)N2CC3(COC3)C2)cc1. The molecule has 4 N–H and O–H groups in total. The molecule has 3 aliphatic heterocycles. The van der Waals surface area contributed by atoms with Gasteiger partial charge in [-0.05, 0) is 35.6 Å². The molecule has 2 fully saturated rings. The molecule has 0 bridgehead atoms. The molecule has 3 heterocycles. The molecule has 0 saturated carbocycles. The molecular formula is C28H32N4O5. The lowest BCUT2D eigenvalue weighted by atomic mass is 9.76. The van der Waals surface area contributed by atoms with E-state index in [0.717, 1.165) is 37.4 Å². The Morgan fingerprint density at radius 3 is 2.49 bits per heavy atom. The van der Waals surface area contributed by atoms with Crippen molar-refractivity contribution in [2.45, 2.75) is 38.8 Å². The highest BCUT2D eigenvalue weighted by Crippen LogP contribution is 2.44. The van der Waals surface area contributed by atoms with Crippen LogP contribution in [0.4, 0.5) is 0 Å². The van der Waals surface area contributed by atoms with Crippen LogP contribution in [0.1, 0.15) is 55.0 Å². The fourth-order valence-corrected chi connectivity index (χ4v) is 5.34. The van der Waals surface area contributed by atoms with E-state index in [1.54, 1.807) is 6.07 Å². The number of aromatic hydroxyl groups is 2. The van der Waals surface area contributed by atoms with E-state index in [0.29, 0.717) is 29.0 Å². The molecule has 0 aromatic heterocycles. The van der Waals surface area contributed by atoms with Crippen LogP contribution >= 0.6 is 0 Å². The number of amides is 1. The third-order valence-corrected chi connectivity index (χ3v) is 7.36. The van der Waals surface area contributed by atoms with E-state index in [2.05, 4.69) is 21.8 Å². The minimum atomic E-state index is -0.808. The van der Waals surface area contributed by atoms with E-state index in [4.69, 9.17) is 9.57 Å². The summed E-state index contributed by atoms with van der Waals surface area (Å²) in [6.07, 6.45) is 0. The van der Waals surface area contributed by atoms with Crippen molar-refractivity contribution in [3.63, 3.8) is 0 Å². The quantitative estimate of drug-likeness (QED) is 0.453. The van der Waals surface area contributed by atoms with Gasteiger partial charge in [0.05, 0.1) is 24.8 Å². The zero-order valence-corrected chi connectivity index (χ0v) is 21.2. The number of hydrogen-bond donors (Lipinski definition) is 4. The van der Waals surface area contributed by atoms with Crippen molar-refractivity contribution in [3.05, 3.63) is 58.7 Å². The van der Waals surface area contributed by atoms with Gasteiger partial charge in [0.25, 0.3) is 0 Å². The maximum Gasteiger partial charge on any atom is 0.245 e. The second kappa shape index (κ2) is 9.71. The summed E-state index contributed by atoms with van der Waals surface area (Å²) < 4.78 is 5.35. The molecule has 0 radical (unpaired) electrons. The average molecular weight is 505 g/mol. The molecule has 1 amide bonds. The first-order valence-electron chi connectivity index (χ1n) is 12.6. The molecule has 0 aliphatic carbocycles. The van der Waals surface area contributed by atoms with Gasteiger partial charge in [0.2, 0.25) is 5.91 Å². The van der Waals surface area contributed by atoms with Crippen LogP contribution in [0.15, 0.2) is 36.4 Å². The maximum atomic E-state index is 12.9. The van der Waals surface area contributed by atoms with Crippen molar-refractivity contribution in [1.29, 1.82) is 5.26 Å². The number of nitrogens with zero attached hydrogens (tertiary/aromatic N) is 2. The Labute approximate surface area is 216 Å². The zero-order chi connectivity index (χ0) is 26.3. The standard InChI is InChI=1S/C28H32N4O5/c1-4-30-27(35)25-24(26(37-31-25)20-9-19(16(2)3)22(33)10-23(20)34)18-7-5-17(6-8-18)21(11-29)32-12-28(13-32)14-36-15-28/h5-10,16,21,25,31,33-34H,4,12-15H2,1-3H3,(H,30,35). The van der Waals surface area contributed by atoms with Crippen molar-refractivity contribution >= 4 is 17.2 Å².